The predicted octanol–water partition coefficient (Wildman–Crippen LogP) is 1.69. The molecule has 1 N–H and O–H groups in total. The first-order valence-electron chi connectivity index (χ1n) is 4.92. The van der Waals surface area contributed by atoms with E-state index in [0.717, 1.165) is 12.2 Å². The van der Waals surface area contributed by atoms with E-state index in [1.807, 2.05) is 19.2 Å². The average Bonchev–Trinajstić information content (AvgIpc) is 2.19. The number of ether oxygens (including phenoxy) is 1. The van der Waals surface area contributed by atoms with Crippen LogP contribution < -0.4 is 5.32 Å². The Kier molecular flexibility index (Phi) is 4.56. The van der Waals surface area contributed by atoms with Crippen LogP contribution in [0.25, 0.3) is 0 Å². The van der Waals surface area contributed by atoms with Crippen LogP contribution in [0.15, 0.2) is 18.3 Å². The van der Waals surface area contributed by atoms with Gasteiger partial charge in [-0.3, -0.25) is 4.98 Å². The third-order valence-corrected chi connectivity index (χ3v) is 2.12. The van der Waals surface area contributed by atoms with Crippen LogP contribution in [0, 0.1) is 6.92 Å². The SMILES string of the molecule is CCNC(COC)c1ccc(C)nc1. The van der Waals surface area contributed by atoms with Crippen LogP contribution >= 0.6 is 0 Å². The van der Waals surface area contributed by atoms with Crippen molar-refractivity contribution in [2.75, 3.05) is 20.3 Å². The molecule has 0 spiro atoms. The van der Waals surface area contributed by atoms with Crippen LogP contribution in [0.2, 0.25) is 0 Å². The van der Waals surface area contributed by atoms with E-state index < -0.39 is 0 Å². The van der Waals surface area contributed by atoms with Gasteiger partial charge in [0.1, 0.15) is 0 Å². The largest absolute Gasteiger partial charge is 0.383 e. The molecule has 0 aromatic carbocycles. The summed E-state index contributed by atoms with van der Waals surface area (Å²) in [6.45, 7) is 5.69. The molecule has 3 heteroatoms. The highest BCUT2D eigenvalue weighted by Gasteiger charge is 2.09. The number of likely N-dealkylation sites (N-methyl/N-ethyl adjacent to an activating group) is 1. The molecule has 1 unspecified atom stereocenters. The van der Waals surface area contributed by atoms with Crippen molar-refractivity contribution in [1.82, 2.24) is 10.3 Å². The molecule has 0 aliphatic rings. The second-order valence-corrected chi connectivity index (χ2v) is 3.30. The van der Waals surface area contributed by atoms with Gasteiger partial charge < -0.3 is 10.1 Å². The van der Waals surface area contributed by atoms with Crippen molar-refractivity contribution in [3.8, 4) is 0 Å². The Morgan fingerprint density at radius 3 is 2.79 bits per heavy atom. The minimum Gasteiger partial charge on any atom is -0.383 e. The first-order valence-corrected chi connectivity index (χ1v) is 4.92. The second kappa shape index (κ2) is 5.73. The van der Waals surface area contributed by atoms with E-state index in [-0.39, 0.29) is 6.04 Å². The van der Waals surface area contributed by atoms with Gasteiger partial charge in [-0.05, 0) is 25.1 Å². The summed E-state index contributed by atoms with van der Waals surface area (Å²) in [6, 6.07) is 4.36. The quantitative estimate of drug-likeness (QED) is 0.774. The van der Waals surface area contributed by atoms with Crippen LogP contribution in [0.4, 0.5) is 0 Å². The Bertz CT molecular complexity index is 252. The number of aromatic nitrogens is 1. The molecule has 0 saturated carbocycles. The number of nitrogens with zero attached hydrogens (tertiary/aromatic N) is 1. The van der Waals surface area contributed by atoms with Gasteiger partial charge in [0.25, 0.3) is 0 Å². The Balaban J connectivity index is 2.71. The topological polar surface area (TPSA) is 34.1 Å². The summed E-state index contributed by atoms with van der Waals surface area (Å²) in [5.74, 6) is 0. The summed E-state index contributed by atoms with van der Waals surface area (Å²) in [5, 5.41) is 3.35. The molecule has 1 aromatic rings. The number of methoxy groups -OCH3 is 1. The fourth-order valence-electron chi connectivity index (χ4n) is 1.37. The first kappa shape index (κ1) is 11.1. The van der Waals surface area contributed by atoms with E-state index in [2.05, 4.69) is 23.3 Å². The number of pyridine rings is 1. The molecular formula is C11H18N2O. The van der Waals surface area contributed by atoms with Crippen LogP contribution in [-0.4, -0.2) is 25.2 Å². The zero-order chi connectivity index (χ0) is 10.4. The molecule has 0 fully saturated rings. The maximum Gasteiger partial charge on any atom is 0.0658 e. The lowest BCUT2D eigenvalue weighted by Gasteiger charge is -2.16. The third-order valence-electron chi connectivity index (χ3n) is 2.12. The molecule has 1 atom stereocenters. The van der Waals surface area contributed by atoms with Gasteiger partial charge in [-0.25, -0.2) is 0 Å². The minimum absolute atomic E-state index is 0.248. The zero-order valence-electron chi connectivity index (χ0n) is 9.08. The molecule has 0 aliphatic carbocycles. The lowest BCUT2D eigenvalue weighted by Crippen LogP contribution is -2.24. The Morgan fingerprint density at radius 1 is 1.50 bits per heavy atom. The van der Waals surface area contributed by atoms with Crippen LogP contribution in [0.1, 0.15) is 24.2 Å². The molecule has 0 radical (unpaired) electrons. The predicted molar refractivity (Wildman–Crippen MR) is 57.3 cm³/mol. The van der Waals surface area contributed by atoms with Gasteiger partial charge in [0, 0.05) is 19.0 Å². The van der Waals surface area contributed by atoms with Crippen molar-refractivity contribution in [3.63, 3.8) is 0 Å². The molecule has 3 nitrogen and oxygen atoms in total. The van der Waals surface area contributed by atoms with Gasteiger partial charge in [-0.2, -0.15) is 0 Å². The molecule has 78 valence electrons. The molecule has 0 saturated heterocycles. The standard InChI is InChI=1S/C11H18N2O/c1-4-12-11(8-14-3)10-6-5-9(2)13-7-10/h5-7,11-12H,4,8H2,1-3H3. The van der Waals surface area contributed by atoms with Gasteiger partial charge in [-0.15, -0.1) is 0 Å². The molecule has 1 aromatic heterocycles. The van der Waals surface area contributed by atoms with E-state index in [1.54, 1.807) is 7.11 Å². The van der Waals surface area contributed by atoms with E-state index >= 15 is 0 Å². The Labute approximate surface area is 85.5 Å². The zero-order valence-corrected chi connectivity index (χ0v) is 9.08. The fraction of sp³-hybridized carbons (Fsp3) is 0.545. The molecular weight excluding hydrogens is 176 g/mol. The van der Waals surface area contributed by atoms with E-state index in [9.17, 15) is 0 Å². The first-order chi connectivity index (χ1) is 6.77. The van der Waals surface area contributed by atoms with Crippen LogP contribution in [0.3, 0.4) is 0 Å². The highest BCUT2D eigenvalue weighted by atomic mass is 16.5. The normalized spacial score (nSPS) is 12.8. The fourth-order valence-corrected chi connectivity index (χ4v) is 1.37. The molecule has 0 bridgehead atoms. The maximum absolute atomic E-state index is 5.15. The lowest BCUT2D eigenvalue weighted by atomic mass is 10.1. The lowest BCUT2D eigenvalue weighted by molar-refractivity contribution is 0.167. The Morgan fingerprint density at radius 2 is 2.29 bits per heavy atom. The Hall–Kier alpha value is -0.930. The van der Waals surface area contributed by atoms with Gasteiger partial charge in [0.15, 0.2) is 0 Å². The summed E-state index contributed by atoms with van der Waals surface area (Å²) in [5.41, 5.74) is 2.22. The molecule has 0 amide bonds. The number of aryl methyl sites for hydroxylation is 1. The van der Waals surface area contributed by atoms with E-state index in [1.165, 1.54) is 5.56 Å². The van der Waals surface area contributed by atoms with E-state index in [4.69, 9.17) is 4.74 Å². The average molecular weight is 194 g/mol. The molecule has 1 rings (SSSR count). The summed E-state index contributed by atoms with van der Waals surface area (Å²) in [4.78, 5) is 4.27. The second-order valence-electron chi connectivity index (χ2n) is 3.30. The van der Waals surface area contributed by atoms with Crippen molar-refractivity contribution in [1.29, 1.82) is 0 Å². The number of nitrogens with one attached hydrogen (secondary N) is 1. The monoisotopic (exact) mass is 194 g/mol. The van der Waals surface area contributed by atoms with Crippen molar-refractivity contribution in [2.24, 2.45) is 0 Å². The van der Waals surface area contributed by atoms with Crippen molar-refractivity contribution < 1.29 is 4.74 Å². The van der Waals surface area contributed by atoms with Gasteiger partial charge in [0.2, 0.25) is 0 Å². The number of rotatable bonds is 5. The van der Waals surface area contributed by atoms with Gasteiger partial charge >= 0.3 is 0 Å². The van der Waals surface area contributed by atoms with Gasteiger partial charge in [-0.1, -0.05) is 13.0 Å². The van der Waals surface area contributed by atoms with Crippen molar-refractivity contribution in [2.45, 2.75) is 19.9 Å². The summed E-state index contributed by atoms with van der Waals surface area (Å²) >= 11 is 0. The third kappa shape index (κ3) is 3.09. The van der Waals surface area contributed by atoms with Crippen molar-refractivity contribution >= 4 is 0 Å². The minimum atomic E-state index is 0.248. The van der Waals surface area contributed by atoms with Crippen LogP contribution in [0.5, 0.6) is 0 Å². The highest BCUT2D eigenvalue weighted by Crippen LogP contribution is 2.11. The highest BCUT2D eigenvalue weighted by molar-refractivity contribution is 5.17. The number of hydrogen-bond acceptors (Lipinski definition) is 3. The van der Waals surface area contributed by atoms with Crippen LogP contribution in [-0.2, 0) is 4.74 Å². The van der Waals surface area contributed by atoms with Gasteiger partial charge in [0.05, 0.1) is 12.6 Å². The number of hydrogen-bond donors (Lipinski definition) is 1. The maximum atomic E-state index is 5.15. The van der Waals surface area contributed by atoms with E-state index in [0.29, 0.717) is 6.61 Å². The van der Waals surface area contributed by atoms with Crippen molar-refractivity contribution in [3.05, 3.63) is 29.6 Å². The molecule has 1 heterocycles. The molecule has 14 heavy (non-hydrogen) atoms. The summed E-state index contributed by atoms with van der Waals surface area (Å²) in [7, 11) is 1.71. The summed E-state index contributed by atoms with van der Waals surface area (Å²) in [6.07, 6.45) is 1.90. The molecule has 0 aliphatic heterocycles. The smallest absolute Gasteiger partial charge is 0.0658 e. The summed E-state index contributed by atoms with van der Waals surface area (Å²) < 4.78 is 5.15.